The topological polar surface area (TPSA) is 56.6 Å². The predicted molar refractivity (Wildman–Crippen MR) is 121 cm³/mol. The molecule has 2 atom stereocenters. The van der Waals surface area contributed by atoms with E-state index in [0.29, 0.717) is 19.0 Å². The van der Waals surface area contributed by atoms with Crippen molar-refractivity contribution in [2.75, 3.05) is 55.7 Å². The number of carbonyl (C=O) groups is 1. The molecule has 0 bridgehead atoms. The van der Waals surface area contributed by atoms with Crippen LogP contribution in [0.4, 0.5) is 5.82 Å². The van der Waals surface area contributed by atoms with Crippen LogP contribution >= 0.6 is 11.8 Å². The highest BCUT2D eigenvalue weighted by Gasteiger charge is 2.36. The fourth-order valence-electron chi connectivity index (χ4n) is 4.42. The Morgan fingerprint density at radius 2 is 2.10 bits per heavy atom. The molecule has 1 amide bonds. The Labute approximate surface area is 189 Å². The lowest BCUT2D eigenvalue weighted by atomic mass is 10.1. The minimum atomic E-state index is -2.03. The normalized spacial score (nSPS) is 31.0. The van der Waals surface area contributed by atoms with Gasteiger partial charge < -0.3 is 15.1 Å². The van der Waals surface area contributed by atoms with Crippen LogP contribution < -0.4 is 10.2 Å². The van der Waals surface area contributed by atoms with E-state index in [0.717, 1.165) is 60.0 Å². The zero-order valence-electron chi connectivity index (χ0n) is 22.0. The van der Waals surface area contributed by atoms with Crippen LogP contribution in [0.1, 0.15) is 19.0 Å². The second kappa shape index (κ2) is 8.61. The molecule has 7 nitrogen and oxygen atoms in total. The number of benzene rings is 1. The van der Waals surface area contributed by atoms with E-state index in [9.17, 15) is 4.79 Å². The Kier molecular flexibility index (Phi) is 4.27. The number of thioether (sulfide) groups is 1. The number of nitrogens with zero attached hydrogens (tertiary/aromatic N) is 5. The maximum atomic E-state index is 13.1. The van der Waals surface area contributed by atoms with Gasteiger partial charge in [0, 0.05) is 57.1 Å². The summed E-state index contributed by atoms with van der Waals surface area (Å²) < 4.78 is 42.0. The van der Waals surface area contributed by atoms with E-state index in [1.165, 1.54) is 0 Å². The number of rotatable bonds is 4. The van der Waals surface area contributed by atoms with E-state index >= 15 is 0 Å². The first-order valence-corrected chi connectivity index (χ1v) is 11.4. The predicted octanol–water partition coefficient (Wildman–Crippen LogP) is 1.57. The maximum absolute atomic E-state index is 13.1. The Morgan fingerprint density at radius 1 is 1.30 bits per heavy atom. The first kappa shape index (κ1) is 14.9. The van der Waals surface area contributed by atoms with Gasteiger partial charge in [0.25, 0.3) is 0 Å². The minimum absolute atomic E-state index is 0.0623. The fraction of sp³-hybridized carbons (Fsp3) is 0.545. The zero-order valence-corrected chi connectivity index (χ0v) is 17.9. The van der Waals surface area contributed by atoms with Crippen LogP contribution in [0.3, 0.4) is 0 Å². The number of nitrogens with one attached hydrogen (secondary N) is 1. The van der Waals surface area contributed by atoms with Crippen molar-refractivity contribution in [3.05, 3.63) is 42.1 Å². The van der Waals surface area contributed by atoms with Crippen molar-refractivity contribution in [2.24, 2.45) is 0 Å². The van der Waals surface area contributed by atoms with Crippen LogP contribution in [0, 0.1) is 6.92 Å². The molecule has 0 aliphatic carbocycles. The van der Waals surface area contributed by atoms with Gasteiger partial charge in [0.05, 0.1) is 30.1 Å². The molecule has 2 aromatic rings. The molecule has 3 fully saturated rings. The summed E-state index contributed by atoms with van der Waals surface area (Å²) in [7, 11) is 0. The number of anilines is 1. The molecule has 30 heavy (non-hydrogen) atoms. The summed E-state index contributed by atoms with van der Waals surface area (Å²) >= 11 is 0.834. The van der Waals surface area contributed by atoms with Crippen LogP contribution in [0.5, 0.6) is 0 Å². The molecule has 8 heteroatoms. The van der Waals surface area contributed by atoms with E-state index in [1.54, 1.807) is 12.1 Å². The highest BCUT2D eigenvalue weighted by Crippen LogP contribution is 2.25. The lowest BCUT2D eigenvalue weighted by Gasteiger charge is -2.38. The van der Waals surface area contributed by atoms with Crippen molar-refractivity contribution in [1.82, 2.24) is 24.9 Å². The highest BCUT2D eigenvalue weighted by molar-refractivity contribution is 7.99. The van der Waals surface area contributed by atoms with Crippen LogP contribution in [-0.4, -0.2) is 88.4 Å². The SMILES string of the molecule is [2H]c1ccc(-n2nc(C)cc2N2CCN([C@@H]3CN[C@H](C(=O)N4C([2H])([2H])CSC4([2H])[2H])C3)CC2)cc1. The Hall–Kier alpha value is -2.03. The molecule has 3 aliphatic rings. The summed E-state index contributed by atoms with van der Waals surface area (Å²) in [6, 6.07) is 9.43. The summed E-state index contributed by atoms with van der Waals surface area (Å²) in [5.74, 6) is -1.57. The first-order chi connectivity index (χ1) is 16.5. The molecule has 0 radical (unpaired) electrons. The van der Waals surface area contributed by atoms with Gasteiger partial charge in [0.2, 0.25) is 5.91 Å². The van der Waals surface area contributed by atoms with Crippen molar-refractivity contribution < 1.29 is 11.6 Å². The maximum Gasteiger partial charge on any atom is 0.240 e. The van der Waals surface area contributed by atoms with Gasteiger partial charge in [-0.25, -0.2) is 4.68 Å². The monoisotopic (exact) mass is 431 g/mol. The first-order valence-electron chi connectivity index (χ1n) is 12.9. The van der Waals surface area contributed by atoms with Crippen LogP contribution in [0.2, 0.25) is 0 Å². The van der Waals surface area contributed by atoms with Crippen molar-refractivity contribution in [3.8, 4) is 5.69 Å². The summed E-state index contributed by atoms with van der Waals surface area (Å²) in [6.07, 6.45) is 0.544. The molecule has 1 aromatic heterocycles. The Bertz CT molecular complexity index is 1070. The fourth-order valence-corrected chi connectivity index (χ4v) is 4.97. The van der Waals surface area contributed by atoms with Gasteiger partial charge in [-0.15, -0.1) is 11.8 Å². The number of aromatic nitrogens is 2. The molecule has 3 aliphatic heterocycles. The minimum Gasteiger partial charge on any atom is -0.354 e. The lowest BCUT2D eigenvalue weighted by Crippen LogP contribution is -2.51. The highest BCUT2D eigenvalue weighted by atomic mass is 32.2. The van der Waals surface area contributed by atoms with E-state index in [-0.39, 0.29) is 11.8 Å². The number of carbonyl (C=O) groups excluding carboxylic acids is 1. The molecule has 0 spiro atoms. The average Bonchev–Trinajstić information content (AvgIpc) is 3.50. The van der Waals surface area contributed by atoms with E-state index in [4.69, 9.17) is 6.85 Å². The number of amides is 1. The molecule has 3 saturated heterocycles. The zero-order chi connectivity index (χ0) is 25.0. The molecule has 1 aromatic carbocycles. The number of aryl methyl sites for hydroxylation is 1. The quantitative estimate of drug-likeness (QED) is 0.793. The molecule has 4 heterocycles. The van der Waals surface area contributed by atoms with Gasteiger partial charge in [-0.2, -0.15) is 5.10 Å². The van der Waals surface area contributed by atoms with Gasteiger partial charge in [-0.1, -0.05) is 18.2 Å². The number of hydrogen-bond donors (Lipinski definition) is 1. The largest absolute Gasteiger partial charge is 0.354 e. The lowest BCUT2D eigenvalue weighted by molar-refractivity contribution is -0.131. The van der Waals surface area contributed by atoms with E-state index in [1.807, 2.05) is 23.7 Å². The van der Waals surface area contributed by atoms with Crippen LogP contribution in [0.25, 0.3) is 5.69 Å². The Morgan fingerprint density at radius 3 is 2.83 bits per heavy atom. The smallest absolute Gasteiger partial charge is 0.240 e. The van der Waals surface area contributed by atoms with E-state index < -0.39 is 24.3 Å². The molecule has 1 N–H and O–H groups in total. The van der Waals surface area contributed by atoms with Crippen molar-refractivity contribution >= 4 is 23.5 Å². The third kappa shape index (κ3) is 3.96. The summed E-state index contributed by atoms with van der Waals surface area (Å²) in [5, 5.41) is 7.88. The summed E-state index contributed by atoms with van der Waals surface area (Å²) in [6.45, 7) is 3.88. The second-order valence-electron chi connectivity index (χ2n) is 7.90. The molecule has 5 rings (SSSR count). The molecule has 160 valence electrons. The summed E-state index contributed by atoms with van der Waals surface area (Å²) in [4.78, 5) is 18.5. The van der Waals surface area contributed by atoms with E-state index in [2.05, 4.69) is 26.3 Å². The van der Waals surface area contributed by atoms with Gasteiger partial charge in [0.1, 0.15) is 5.82 Å². The third-order valence-electron chi connectivity index (χ3n) is 5.99. The number of piperazine rings is 1. The van der Waals surface area contributed by atoms with Crippen molar-refractivity contribution in [2.45, 2.75) is 25.4 Å². The third-order valence-corrected chi connectivity index (χ3v) is 6.57. The molecular weight excluding hydrogens is 396 g/mol. The average molecular weight is 432 g/mol. The molecule has 0 unspecified atom stereocenters. The number of hydrogen-bond acceptors (Lipinski definition) is 6. The molecule has 0 saturated carbocycles. The Balaban J connectivity index is 1.22. The number of para-hydroxylation sites is 1. The van der Waals surface area contributed by atoms with Gasteiger partial charge in [0.15, 0.2) is 0 Å². The van der Waals surface area contributed by atoms with Gasteiger partial charge in [-0.3, -0.25) is 9.69 Å². The molecular formula is C22H30N6OS. The second-order valence-corrected chi connectivity index (χ2v) is 8.66. The van der Waals surface area contributed by atoms with Crippen LogP contribution in [0.15, 0.2) is 36.4 Å². The summed E-state index contributed by atoms with van der Waals surface area (Å²) in [5.41, 5.74) is 1.85. The van der Waals surface area contributed by atoms with Gasteiger partial charge >= 0.3 is 0 Å². The van der Waals surface area contributed by atoms with Crippen molar-refractivity contribution in [1.29, 1.82) is 0 Å². The standard InChI is InChI=1S/C22H30N6OS/c1-17-13-21(28(24-17)18-5-3-2-4-6-18)26-9-7-25(8-10-26)19-14-20(23-15-19)22(29)27-11-12-30-16-27/h2-6,13,19-20,23H,7-12,14-16H2,1H3/t19-,20-/m0/s1/i2D,11D2,16D2. The van der Waals surface area contributed by atoms with Crippen LogP contribution in [-0.2, 0) is 4.79 Å². The van der Waals surface area contributed by atoms with Gasteiger partial charge in [-0.05, 0) is 25.5 Å². The van der Waals surface area contributed by atoms with Crippen molar-refractivity contribution in [3.63, 3.8) is 0 Å².